The molecule has 2 rings (SSSR count). The SMILES string of the molecule is O=S(=O)(NCC1CCCCC1Cl)c1ccc(F)cc1F. The van der Waals surface area contributed by atoms with Gasteiger partial charge in [-0.05, 0) is 30.9 Å². The molecular weight excluding hydrogens is 308 g/mol. The molecule has 0 saturated heterocycles. The zero-order valence-electron chi connectivity index (χ0n) is 10.8. The van der Waals surface area contributed by atoms with Gasteiger partial charge in [0.2, 0.25) is 10.0 Å². The summed E-state index contributed by atoms with van der Waals surface area (Å²) in [4.78, 5) is -0.541. The molecule has 1 fully saturated rings. The fraction of sp³-hybridized carbons (Fsp3) is 0.538. The summed E-state index contributed by atoms with van der Waals surface area (Å²) < 4.78 is 52.6. The van der Waals surface area contributed by atoms with Crippen molar-refractivity contribution in [1.29, 1.82) is 0 Å². The van der Waals surface area contributed by atoms with Gasteiger partial charge in [0, 0.05) is 18.0 Å². The van der Waals surface area contributed by atoms with Gasteiger partial charge in [-0.3, -0.25) is 0 Å². The summed E-state index contributed by atoms with van der Waals surface area (Å²) in [5.41, 5.74) is 0. The van der Waals surface area contributed by atoms with Gasteiger partial charge < -0.3 is 0 Å². The molecule has 2 unspecified atom stereocenters. The van der Waals surface area contributed by atoms with Gasteiger partial charge in [0.05, 0.1) is 0 Å². The molecule has 2 atom stereocenters. The first-order chi connectivity index (χ1) is 9.40. The van der Waals surface area contributed by atoms with Gasteiger partial charge in [-0.25, -0.2) is 21.9 Å². The lowest BCUT2D eigenvalue weighted by atomic mass is 9.89. The van der Waals surface area contributed by atoms with Crippen LogP contribution in [0.4, 0.5) is 8.78 Å². The predicted molar refractivity (Wildman–Crippen MR) is 73.1 cm³/mol. The fourth-order valence-corrected chi connectivity index (χ4v) is 3.90. The third-order valence-electron chi connectivity index (χ3n) is 3.54. The summed E-state index contributed by atoms with van der Waals surface area (Å²) in [5, 5.41) is -0.0653. The molecule has 1 aliphatic rings. The smallest absolute Gasteiger partial charge is 0.211 e. The molecule has 112 valence electrons. The normalized spacial score (nSPS) is 23.8. The Hall–Kier alpha value is -0.720. The van der Waals surface area contributed by atoms with E-state index >= 15 is 0 Å². The van der Waals surface area contributed by atoms with Crippen molar-refractivity contribution in [3.05, 3.63) is 29.8 Å². The van der Waals surface area contributed by atoms with Crippen LogP contribution in [0.25, 0.3) is 0 Å². The second kappa shape index (κ2) is 6.37. The van der Waals surface area contributed by atoms with Crippen LogP contribution in [0.2, 0.25) is 0 Å². The average Bonchev–Trinajstić information content (AvgIpc) is 2.37. The van der Waals surface area contributed by atoms with Crippen LogP contribution in [-0.4, -0.2) is 20.3 Å². The van der Waals surface area contributed by atoms with E-state index in [1.54, 1.807) is 0 Å². The lowest BCUT2D eigenvalue weighted by molar-refractivity contribution is 0.364. The monoisotopic (exact) mass is 323 g/mol. The van der Waals surface area contributed by atoms with Crippen LogP contribution in [0, 0.1) is 17.6 Å². The van der Waals surface area contributed by atoms with Crippen molar-refractivity contribution < 1.29 is 17.2 Å². The molecule has 0 bridgehead atoms. The number of nitrogens with one attached hydrogen (secondary N) is 1. The van der Waals surface area contributed by atoms with Crippen LogP contribution in [-0.2, 0) is 10.0 Å². The van der Waals surface area contributed by atoms with Gasteiger partial charge >= 0.3 is 0 Å². The molecule has 0 spiro atoms. The van der Waals surface area contributed by atoms with E-state index in [-0.39, 0.29) is 17.8 Å². The first-order valence-electron chi connectivity index (χ1n) is 6.49. The Morgan fingerprint density at radius 1 is 1.25 bits per heavy atom. The van der Waals surface area contributed by atoms with E-state index in [0.717, 1.165) is 37.8 Å². The minimum atomic E-state index is -3.98. The van der Waals surface area contributed by atoms with Gasteiger partial charge in [0.25, 0.3) is 0 Å². The third kappa shape index (κ3) is 3.68. The number of hydrogen-bond acceptors (Lipinski definition) is 2. The Labute approximate surface area is 122 Å². The van der Waals surface area contributed by atoms with Crippen molar-refractivity contribution in [1.82, 2.24) is 4.72 Å². The highest BCUT2D eigenvalue weighted by atomic mass is 35.5. The summed E-state index contributed by atoms with van der Waals surface area (Å²) in [6.45, 7) is 0.174. The van der Waals surface area contributed by atoms with E-state index < -0.39 is 26.6 Å². The molecule has 1 aliphatic carbocycles. The highest BCUT2D eigenvalue weighted by molar-refractivity contribution is 7.89. The van der Waals surface area contributed by atoms with E-state index in [0.29, 0.717) is 6.07 Å². The molecule has 1 N–H and O–H groups in total. The van der Waals surface area contributed by atoms with E-state index in [2.05, 4.69) is 4.72 Å². The number of sulfonamides is 1. The lowest BCUT2D eigenvalue weighted by Gasteiger charge is -2.27. The standard InChI is InChI=1S/C13H16ClF2NO2S/c14-11-4-2-1-3-9(11)8-17-20(18,19)13-6-5-10(15)7-12(13)16/h5-7,9,11,17H,1-4,8H2. The van der Waals surface area contributed by atoms with E-state index in [1.165, 1.54) is 0 Å². The molecule has 0 aliphatic heterocycles. The second-order valence-corrected chi connectivity index (χ2v) is 7.28. The maximum absolute atomic E-state index is 13.5. The van der Waals surface area contributed by atoms with Gasteiger partial charge in [0.15, 0.2) is 0 Å². The van der Waals surface area contributed by atoms with E-state index in [4.69, 9.17) is 11.6 Å². The summed E-state index contributed by atoms with van der Waals surface area (Å²) >= 11 is 6.15. The Bertz CT molecular complexity index is 580. The predicted octanol–water partition coefficient (Wildman–Crippen LogP) is 3.04. The Morgan fingerprint density at radius 2 is 1.95 bits per heavy atom. The van der Waals surface area contributed by atoms with Crippen LogP contribution < -0.4 is 4.72 Å². The molecule has 1 aromatic carbocycles. The number of rotatable bonds is 4. The minimum absolute atomic E-state index is 0.0451. The second-order valence-electron chi connectivity index (χ2n) is 4.99. The number of benzene rings is 1. The topological polar surface area (TPSA) is 46.2 Å². The van der Waals surface area contributed by atoms with Gasteiger partial charge in [-0.15, -0.1) is 11.6 Å². The van der Waals surface area contributed by atoms with Gasteiger partial charge in [-0.2, -0.15) is 0 Å². The molecule has 1 saturated carbocycles. The molecule has 7 heteroatoms. The van der Waals surface area contributed by atoms with Crippen molar-refractivity contribution in [2.24, 2.45) is 5.92 Å². The zero-order chi connectivity index (χ0) is 14.8. The summed E-state index contributed by atoms with van der Waals surface area (Å²) in [6, 6.07) is 2.40. The maximum Gasteiger partial charge on any atom is 0.243 e. The molecule has 1 aromatic rings. The zero-order valence-corrected chi connectivity index (χ0v) is 12.4. The first kappa shape index (κ1) is 15.7. The molecule has 0 aromatic heterocycles. The van der Waals surface area contributed by atoms with Crippen LogP contribution in [0.3, 0.4) is 0 Å². The number of hydrogen-bond donors (Lipinski definition) is 1. The highest BCUT2D eigenvalue weighted by Gasteiger charge is 2.26. The molecule has 3 nitrogen and oxygen atoms in total. The van der Waals surface area contributed by atoms with Gasteiger partial charge in [0.1, 0.15) is 16.5 Å². The minimum Gasteiger partial charge on any atom is -0.211 e. The summed E-state index contributed by atoms with van der Waals surface area (Å²) in [5.74, 6) is -1.86. The molecule has 0 heterocycles. The highest BCUT2D eigenvalue weighted by Crippen LogP contribution is 2.28. The maximum atomic E-state index is 13.5. The quantitative estimate of drug-likeness (QED) is 0.866. The van der Waals surface area contributed by atoms with Crippen LogP contribution in [0.1, 0.15) is 25.7 Å². The third-order valence-corrected chi connectivity index (χ3v) is 5.57. The van der Waals surface area contributed by atoms with Crippen molar-refractivity contribution in [2.45, 2.75) is 36.0 Å². The average molecular weight is 324 g/mol. The lowest BCUT2D eigenvalue weighted by Crippen LogP contribution is -2.35. The van der Waals surface area contributed by atoms with Crippen molar-refractivity contribution in [3.8, 4) is 0 Å². The fourth-order valence-electron chi connectivity index (χ4n) is 2.38. The van der Waals surface area contributed by atoms with Crippen molar-refractivity contribution in [2.75, 3.05) is 6.54 Å². The summed E-state index contributed by atoms with van der Waals surface area (Å²) in [7, 11) is -3.98. The molecule has 0 radical (unpaired) electrons. The number of alkyl halides is 1. The van der Waals surface area contributed by atoms with E-state index in [1.807, 2.05) is 0 Å². The number of halogens is 3. The Morgan fingerprint density at radius 3 is 2.60 bits per heavy atom. The van der Waals surface area contributed by atoms with Crippen molar-refractivity contribution in [3.63, 3.8) is 0 Å². The van der Waals surface area contributed by atoms with Crippen LogP contribution in [0.15, 0.2) is 23.1 Å². The molecule has 0 amide bonds. The molecule has 20 heavy (non-hydrogen) atoms. The van der Waals surface area contributed by atoms with E-state index in [9.17, 15) is 17.2 Å². The Balaban J connectivity index is 2.07. The van der Waals surface area contributed by atoms with Gasteiger partial charge in [-0.1, -0.05) is 12.8 Å². The largest absolute Gasteiger partial charge is 0.243 e. The van der Waals surface area contributed by atoms with Crippen molar-refractivity contribution >= 4 is 21.6 Å². The Kier molecular flexibility index (Phi) is 4.99. The van der Waals surface area contributed by atoms with Crippen LogP contribution >= 0.6 is 11.6 Å². The van der Waals surface area contributed by atoms with Crippen LogP contribution in [0.5, 0.6) is 0 Å². The first-order valence-corrected chi connectivity index (χ1v) is 8.41. The summed E-state index contributed by atoms with van der Waals surface area (Å²) in [6.07, 6.45) is 3.77. The molecular formula is C13H16ClF2NO2S.